The summed E-state index contributed by atoms with van der Waals surface area (Å²) in [6, 6.07) is 15.2. The van der Waals surface area contributed by atoms with Crippen molar-refractivity contribution in [2.24, 2.45) is 4.99 Å². The number of carbonyl (C=O) groups excluding carboxylic acids is 2. The van der Waals surface area contributed by atoms with E-state index >= 15 is 0 Å². The molecule has 6 nitrogen and oxygen atoms in total. The van der Waals surface area contributed by atoms with Crippen molar-refractivity contribution >= 4 is 47.0 Å². The minimum Gasteiger partial charge on any atom is -0.378 e. The van der Waals surface area contributed by atoms with E-state index < -0.39 is 0 Å². The van der Waals surface area contributed by atoms with Gasteiger partial charge in [-0.2, -0.15) is 4.99 Å². The Kier molecular flexibility index (Phi) is 9.65. The highest BCUT2D eigenvalue weighted by Gasteiger charge is 2.16. The maximum absolute atomic E-state index is 11.9. The number of anilines is 1. The number of aliphatic imine (C=N–C) groups is 1. The minimum absolute atomic E-state index is 0.0507. The Balaban J connectivity index is 0.000000221. The molecule has 28 heavy (non-hydrogen) atoms. The number of thioether (sulfide) groups is 2. The number of nitrogens with one attached hydrogen (secondary N) is 1. The Labute approximate surface area is 173 Å². The molecule has 1 aliphatic heterocycles. The molecule has 0 aromatic heterocycles. The zero-order chi connectivity index (χ0) is 20.2. The van der Waals surface area contributed by atoms with Crippen LogP contribution in [0.3, 0.4) is 0 Å². The fraction of sp³-hybridized carbons (Fsp3) is 0.300. The third kappa shape index (κ3) is 7.40. The average molecular weight is 418 g/mol. The molecule has 1 saturated heterocycles. The van der Waals surface area contributed by atoms with Crippen LogP contribution in [-0.2, 0) is 9.53 Å². The van der Waals surface area contributed by atoms with E-state index in [-0.39, 0.29) is 6.03 Å². The van der Waals surface area contributed by atoms with Crippen LogP contribution >= 0.6 is 23.5 Å². The second-order valence-corrected chi connectivity index (χ2v) is 7.42. The molecule has 0 unspecified atom stereocenters. The topological polar surface area (TPSA) is 71.0 Å². The first-order chi connectivity index (χ1) is 13.7. The SMILES string of the molecule is CSc1ccc(N=C=O)cc1.CSc1ccc(NC(=O)N2CCOCC2)cc1. The molecule has 0 saturated carbocycles. The predicted molar refractivity (Wildman–Crippen MR) is 116 cm³/mol. The normalized spacial score (nSPS) is 13.0. The Hall–Kier alpha value is -2.25. The van der Waals surface area contributed by atoms with Gasteiger partial charge in [0, 0.05) is 28.6 Å². The molecule has 0 bridgehead atoms. The number of rotatable bonds is 4. The van der Waals surface area contributed by atoms with Gasteiger partial charge in [-0.05, 0) is 61.0 Å². The fourth-order valence-corrected chi connectivity index (χ4v) is 3.17. The molecule has 0 spiro atoms. The van der Waals surface area contributed by atoms with Crippen LogP contribution in [0.15, 0.2) is 63.3 Å². The van der Waals surface area contributed by atoms with E-state index in [1.54, 1.807) is 40.6 Å². The Morgan fingerprint density at radius 1 is 1.00 bits per heavy atom. The molecule has 0 aliphatic carbocycles. The summed E-state index contributed by atoms with van der Waals surface area (Å²) in [6.45, 7) is 2.57. The standard InChI is InChI=1S/C12H16N2O2S.C8H7NOS/c1-17-11-4-2-10(3-5-11)13-12(15)14-6-8-16-9-7-14;1-11-8-4-2-7(3-5-8)9-6-10/h2-5H,6-9H2,1H3,(H,13,15);2-5H,1H3. The van der Waals surface area contributed by atoms with E-state index in [0.29, 0.717) is 32.0 Å². The van der Waals surface area contributed by atoms with Crippen LogP contribution in [-0.4, -0.2) is 55.8 Å². The van der Waals surface area contributed by atoms with Crippen LogP contribution in [0.4, 0.5) is 16.2 Å². The van der Waals surface area contributed by atoms with E-state index in [1.165, 1.54) is 11.0 Å². The number of isocyanates is 1. The molecular formula is C20H23N3O3S2. The van der Waals surface area contributed by atoms with Crippen LogP contribution in [0, 0.1) is 0 Å². The summed E-state index contributed by atoms with van der Waals surface area (Å²) in [5.41, 5.74) is 1.48. The number of amides is 2. The third-order valence-corrected chi connectivity index (χ3v) is 5.37. The molecular weight excluding hydrogens is 394 g/mol. The van der Waals surface area contributed by atoms with Crippen molar-refractivity contribution in [3.05, 3.63) is 48.5 Å². The van der Waals surface area contributed by atoms with Crippen LogP contribution in [0.2, 0.25) is 0 Å². The lowest BCUT2D eigenvalue weighted by Gasteiger charge is -2.26. The summed E-state index contributed by atoms with van der Waals surface area (Å²) in [6.07, 6.45) is 5.52. The molecule has 2 aromatic rings. The lowest BCUT2D eigenvalue weighted by atomic mass is 10.3. The fourth-order valence-electron chi connectivity index (χ4n) is 2.35. The van der Waals surface area contributed by atoms with E-state index in [1.807, 2.05) is 48.9 Å². The minimum atomic E-state index is -0.0507. The van der Waals surface area contributed by atoms with E-state index in [2.05, 4.69) is 10.3 Å². The van der Waals surface area contributed by atoms with Crippen molar-refractivity contribution in [2.75, 3.05) is 44.1 Å². The lowest BCUT2D eigenvalue weighted by Crippen LogP contribution is -2.43. The van der Waals surface area contributed by atoms with Gasteiger partial charge in [0.2, 0.25) is 6.08 Å². The molecule has 3 rings (SSSR count). The zero-order valence-electron chi connectivity index (χ0n) is 15.9. The lowest BCUT2D eigenvalue weighted by molar-refractivity contribution is 0.0564. The summed E-state index contributed by atoms with van der Waals surface area (Å²) < 4.78 is 5.21. The molecule has 1 N–H and O–H groups in total. The van der Waals surface area contributed by atoms with Gasteiger partial charge in [-0.25, -0.2) is 9.59 Å². The molecule has 2 aromatic carbocycles. The van der Waals surface area contributed by atoms with Crippen LogP contribution < -0.4 is 5.32 Å². The summed E-state index contributed by atoms with van der Waals surface area (Å²) in [5, 5.41) is 2.89. The molecule has 1 aliphatic rings. The van der Waals surface area contributed by atoms with Crippen LogP contribution in [0.25, 0.3) is 0 Å². The first-order valence-electron chi connectivity index (χ1n) is 8.66. The van der Waals surface area contributed by atoms with Gasteiger partial charge in [-0.1, -0.05) is 0 Å². The van der Waals surface area contributed by atoms with Gasteiger partial charge in [0.05, 0.1) is 18.9 Å². The highest BCUT2D eigenvalue weighted by molar-refractivity contribution is 7.98. The van der Waals surface area contributed by atoms with Crippen molar-refractivity contribution in [2.45, 2.75) is 9.79 Å². The zero-order valence-corrected chi connectivity index (χ0v) is 17.5. The summed E-state index contributed by atoms with van der Waals surface area (Å²) in [4.78, 5) is 29.3. The first kappa shape index (κ1) is 22.0. The number of nitrogens with zero attached hydrogens (tertiary/aromatic N) is 2. The summed E-state index contributed by atoms with van der Waals surface area (Å²) >= 11 is 3.34. The smallest absolute Gasteiger partial charge is 0.321 e. The number of hydrogen-bond donors (Lipinski definition) is 1. The van der Waals surface area contributed by atoms with E-state index in [9.17, 15) is 9.59 Å². The molecule has 1 fully saturated rings. The maximum Gasteiger partial charge on any atom is 0.321 e. The molecule has 1 heterocycles. The Morgan fingerprint density at radius 2 is 1.54 bits per heavy atom. The number of benzene rings is 2. The predicted octanol–water partition coefficient (Wildman–Crippen LogP) is 4.65. The van der Waals surface area contributed by atoms with Crippen LogP contribution in [0.5, 0.6) is 0 Å². The second kappa shape index (κ2) is 12.3. The molecule has 0 radical (unpaired) electrons. The number of urea groups is 1. The van der Waals surface area contributed by atoms with Gasteiger partial charge in [0.25, 0.3) is 0 Å². The number of carbonyl (C=O) groups is 1. The van der Waals surface area contributed by atoms with Crippen molar-refractivity contribution in [3.8, 4) is 0 Å². The van der Waals surface area contributed by atoms with Crippen LogP contribution in [0.1, 0.15) is 0 Å². The van der Waals surface area contributed by atoms with Gasteiger partial charge < -0.3 is 15.0 Å². The monoisotopic (exact) mass is 417 g/mol. The molecule has 148 valence electrons. The number of morpholine rings is 1. The van der Waals surface area contributed by atoms with Gasteiger partial charge in [-0.3, -0.25) is 0 Å². The molecule has 2 amide bonds. The summed E-state index contributed by atoms with van der Waals surface area (Å²) in [5.74, 6) is 0. The van der Waals surface area contributed by atoms with Gasteiger partial charge in [0.15, 0.2) is 0 Å². The Bertz CT molecular complexity index is 785. The van der Waals surface area contributed by atoms with Crippen molar-refractivity contribution in [1.29, 1.82) is 0 Å². The van der Waals surface area contributed by atoms with E-state index in [0.717, 1.165) is 10.6 Å². The molecule has 8 heteroatoms. The Morgan fingerprint density at radius 3 is 2.04 bits per heavy atom. The largest absolute Gasteiger partial charge is 0.378 e. The quantitative estimate of drug-likeness (QED) is 0.445. The summed E-state index contributed by atoms with van der Waals surface area (Å²) in [7, 11) is 0. The highest BCUT2D eigenvalue weighted by Crippen LogP contribution is 2.19. The third-order valence-electron chi connectivity index (χ3n) is 3.89. The number of ether oxygens (including phenoxy) is 1. The average Bonchev–Trinajstić information content (AvgIpc) is 2.76. The van der Waals surface area contributed by atoms with Gasteiger partial charge in [-0.15, -0.1) is 23.5 Å². The van der Waals surface area contributed by atoms with Crippen molar-refractivity contribution < 1.29 is 14.3 Å². The van der Waals surface area contributed by atoms with Crippen molar-refractivity contribution in [3.63, 3.8) is 0 Å². The van der Waals surface area contributed by atoms with E-state index in [4.69, 9.17) is 4.74 Å². The first-order valence-corrected chi connectivity index (χ1v) is 11.1. The number of hydrogen-bond acceptors (Lipinski definition) is 6. The highest BCUT2D eigenvalue weighted by atomic mass is 32.2. The van der Waals surface area contributed by atoms with Crippen molar-refractivity contribution in [1.82, 2.24) is 4.90 Å². The van der Waals surface area contributed by atoms with Gasteiger partial charge in [0.1, 0.15) is 0 Å². The maximum atomic E-state index is 11.9. The molecule has 0 atom stereocenters. The second-order valence-electron chi connectivity index (χ2n) is 5.66. The van der Waals surface area contributed by atoms with Gasteiger partial charge >= 0.3 is 6.03 Å².